The largest absolute Gasteiger partial charge is 0.378 e. The molecule has 1 saturated heterocycles. The molecular formula is C16H14ClN5O2. The van der Waals surface area contributed by atoms with Crippen molar-refractivity contribution in [3.63, 3.8) is 0 Å². The number of anilines is 1. The van der Waals surface area contributed by atoms with Crippen LogP contribution in [0.4, 0.5) is 5.95 Å². The Morgan fingerprint density at radius 1 is 1.33 bits per heavy atom. The van der Waals surface area contributed by atoms with Crippen LogP contribution in [-0.4, -0.2) is 47.0 Å². The summed E-state index contributed by atoms with van der Waals surface area (Å²) in [5.41, 5.74) is 0.401. The van der Waals surface area contributed by atoms with Crippen LogP contribution in [-0.2, 0) is 4.74 Å². The van der Waals surface area contributed by atoms with E-state index in [1.54, 1.807) is 18.2 Å². The van der Waals surface area contributed by atoms with E-state index in [1.807, 2.05) is 11.0 Å². The summed E-state index contributed by atoms with van der Waals surface area (Å²) < 4.78 is 5.29. The van der Waals surface area contributed by atoms with E-state index in [-0.39, 0.29) is 10.7 Å². The Morgan fingerprint density at radius 2 is 2.12 bits per heavy atom. The highest BCUT2D eigenvalue weighted by Crippen LogP contribution is 2.24. The molecule has 3 rings (SSSR count). The van der Waals surface area contributed by atoms with E-state index in [2.05, 4.69) is 15.0 Å². The van der Waals surface area contributed by atoms with Gasteiger partial charge < -0.3 is 9.64 Å². The summed E-state index contributed by atoms with van der Waals surface area (Å²) in [5, 5.41) is 9.51. The number of nitrogens with zero attached hydrogens (tertiary/aromatic N) is 5. The monoisotopic (exact) mass is 343 g/mol. The van der Waals surface area contributed by atoms with E-state index in [0.29, 0.717) is 37.9 Å². The van der Waals surface area contributed by atoms with Crippen LogP contribution in [0.3, 0.4) is 0 Å². The Balaban J connectivity index is 1.92. The lowest BCUT2D eigenvalue weighted by atomic mass is 9.98. The Bertz CT molecular complexity index is 772. The van der Waals surface area contributed by atoms with Crippen molar-refractivity contribution in [3.8, 4) is 6.07 Å². The third-order valence-electron chi connectivity index (χ3n) is 3.63. The lowest BCUT2D eigenvalue weighted by Crippen LogP contribution is -2.37. The predicted octanol–water partition coefficient (Wildman–Crippen LogP) is 1.85. The standard InChI is InChI=1S/C16H14ClN5O2/c17-12-10-20-16(22-5-7-24-8-6-22)21-14(12)15(23)11(9-18)13-3-1-2-4-19-13/h1-4,10-11H,5-8H2. The van der Waals surface area contributed by atoms with Gasteiger partial charge in [-0.1, -0.05) is 17.7 Å². The molecule has 24 heavy (non-hydrogen) atoms. The van der Waals surface area contributed by atoms with Gasteiger partial charge in [-0.2, -0.15) is 5.26 Å². The van der Waals surface area contributed by atoms with Crippen molar-refractivity contribution >= 4 is 23.3 Å². The van der Waals surface area contributed by atoms with E-state index in [1.165, 1.54) is 12.4 Å². The molecule has 0 spiro atoms. The zero-order chi connectivity index (χ0) is 16.9. The molecule has 0 aliphatic carbocycles. The van der Waals surface area contributed by atoms with Crippen molar-refractivity contribution in [1.29, 1.82) is 5.26 Å². The van der Waals surface area contributed by atoms with Crippen molar-refractivity contribution in [2.75, 3.05) is 31.2 Å². The van der Waals surface area contributed by atoms with Crippen molar-refractivity contribution in [3.05, 3.63) is 47.0 Å². The van der Waals surface area contributed by atoms with Gasteiger partial charge in [-0.25, -0.2) is 9.97 Å². The molecule has 0 saturated carbocycles. The normalized spacial score (nSPS) is 15.6. The van der Waals surface area contributed by atoms with Crippen LogP contribution in [0.1, 0.15) is 22.1 Å². The first-order chi connectivity index (χ1) is 11.7. The predicted molar refractivity (Wildman–Crippen MR) is 87.0 cm³/mol. The molecule has 2 aromatic heterocycles. The summed E-state index contributed by atoms with van der Waals surface area (Å²) in [4.78, 5) is 27.2. The number of carbonyl (C=O) groups excluding carboxylic acids is 1. The molecule has 1 fully saturated rings. The van der Waals surface area contributed by atoms with Crippen LogP contribution in [0.5, 0.6) is 0 Å². The first-order valence-electron chi connectivity index (χ1n) is 7.40. The van der Waals surface area contributed by atoms with Crippen molar-refractivity contribution < 1.29 is 9.53 Å². The minimum Gasteiger partial charge on any atom is -0.378 e. The molecule has 0 N–H and O–H groups in total. The molecule has 0 amide bonds. The number of ketones is 1. The van der Waals surface area contributed by atoms with Crippen LogP contribution in [0.2, 0.25) is 5.02 Å². The van der Waals surface area contributed by atoms with Gasteiger partial charge in [0.05, 0.1) is 36.2 Å². The molecule has 8 heteroatoms. The van der Waals surface area contributed by atoms with Crippen LogP contribution < -0.4 is 4.90 Å². The Labute approximate surface area is 143 Å². The van der Waals surface area contributed by atoms with Crippen molar-refractivity contribution in [1.82, 2.24) is 15.0 Å². The molecule has 122 valence electrons. The van der Waals surface area contributed by atoms with Crippen LogP contribution in [0.25, 0.3) is 0 Å². The number of aromatic nitrogens is 3. The van der Waals surface area contributed by atoms with Gasteiger partial charge in [0.15, 0.2) is 5.92 Å². The number of carbonyl (C=O) groups is 1. The maximum absolute atomic E-state index is 12.8. The van der Waals surface area contributed by atoms with Crippen LogP contribution >= 0.6 is 11.6 Å². The summed E-state index contributed by atoms with van der Waals surface area (Å²) in [6, 6.07) is 7.05. The smallest absolute Gasteiger partial charge is 0.226 e. The number of hydrogen-bond donors (Lipinski definition) is 0. The number of ether oxygens (including phenoxy) is 1. The van der Waals surface area contributed by atoms with Gasteiger partial charge in [-0.15, -0.1) is 0 Å². The van der Waals surface area contributed by atoms with E-state index >= 15 is 0 Å². The fourth-order valence-corrected chi connectivity index (χ4v) is 2.57. The quantitative estimate of drug-likeness (QED) is 0.782. The van der Waals surface area contributed by atoms with Gasteiger partial charge >= 0.3 is 0 Å². The maximum Gasteiger partial charge on any atom is 0.226 e. The number of nitriles is 1. The third-order valence-corrected chi connectivity index (χ3v) is 3.91. The molecular weight excluding hydrogens is 330 g/mol. The minimum absolute atomic E-state index is 0.0327. The van der Waals surface area contributed by atoms with E-state index in [0.717, 1.165) is 0 Å². The molecule has 3 heterocycles. The maximum atomic E-state index is 12.8. The van der Waals surface area contributed by atoms with Crippen molar-refractivity contribution in [2.24, 2.45) is 0 Å². The Kier molecular flexibility index (Phi) is 4.99. The fraction of sp³-hybridized carbons (Fsp3) is 0.312. The molecule has 1 aliphatic rings. The van der Waals surface area contributed by atoms with Gasteiger partial charge in [0.25, 0.3) is 0 Å². The number of morpholine rings is 1. The Hall–Kier alpha value is -2.56. The summed E-state index contributed by atoms with van der Waals surface area (Å²) in [7, 11) is 0. The molecule has 1 atom stereocenters. The first kappa shape index (κ1) is 16.3. The topological polar surface area (TPSA) is 92.0 Å². The summed E-state index contributed by atoms with van der Waals surface area (Å²) >= 11 is 6.10. The van der Waals surface area contributed by atoms with E-state index in [9.17, 15) is 10.1 Å². The van der Waals surface area contributed by atoms with E-state index < -0.39 is 11.7 Å². The highest BCUT2D eigenvalue weighted by Gasteiger charge is 2.27. The third kappa shape index (κ3) is 3.35. The highest BCUT2D eigenvalue weighted by atomic mass is 35.5. The van der Waals surface area contributed by atoms with E-state index in [4.69, 9.17) is 16.3 Å². The molecule has 1 aliphatic heterocycles. The number of pyridine rings is 1. The molecule has 0 aromatic carbocycles. The summed E-state index contributed by atoms with van der Waals surface area (Å²) in [6.07, 6.45) is 2.92. The Morgan fingerprint density at radius 3 is 2.79 bits per heavy atom. The average molecular weight is 344 g/mol. The summed E-state index contributed by atoms with van der Waals surface area (Å²) in [5.74, 6) is -1.14. The average Bonchev–Trinajstić information content (AvgIpc) is 2.64. The fourth-order valence-electron chi connectivity index (χ4n) is 2.39. The highest BCUT2D eigenvalue weighted by molar-refractivity contribution is 6.33. The SMILES string of the molecule is N#CC(C(=O)c1nc(N2CCOCC2)ncc1Cl)c1ccccn1. The van der Waals surface area contributed by atoms with Gasteiger partial charge in [-0.3, -0.25) is 9.78 Å². The number of hydrogen-bond acceptors (Lipinski definition) is 7. The molecule has 0 radical (unpaired) electrons. The first-order valence-corrected chi connectivity index (χ1v) is 7.78. The lowest BCUT2D eigenvalue weighted by Gasteiger charge is -2.27. The zero-order valence-corrected chi connectivity index (χ0v) is 13.5. The molecule has 0 bridgehead atoms. The molecule has 2 aromatic rings. The summed E-state index contributed by atoms with van der Waals surface area (Å²) in [6.45, 7) is 2.42. The number of rotatable bonds is 4. The minimum atomic E-state index is -1.06. The number of Topliss-reactive ketones (excluding diaryl/α,β-unsaturated/α-hetero) is 1. The van der Waals surface area contributed by atoms with Crippen LogP contribution in [0, 0.1) is 11.3 Å². The lowest BCUT2D eigenvalue weighted by molar-refractivity contribution is 0.0972. The second-order valence-corrected chi connectivity index (χ2v) is 5.55. The van der Waals surface area contributed by atoms with Gasteiger partial charge in [0.2, 0.25) is 11.7 Å². The van der Waals surface area contributed by atoms with Crippen LogP contribution in [0.15, 0.2) is 30.6 Å². The second-order valence-electron chi connectivity index (χ2n) is 5.15. The van der Waals surface area contributed by atoms with Gasteiger partial charge in [-0.05, 0) is 12.1 Å². The van der Waals surface area contributed by atoms with Gasteiger partial charge in [0.1, 0.15) is 5.69 Å². The zero-order valence-electron chi connectivity index (χ0n) is 12.7. The van der Waals surface area contributed by atoms with Crippen molar-refractivity contribution in [2.45, 2.75) is 5.92 Å². The molecule has 7 nitrogen and oxygen atoms in total. The molecule has 1 unspecified atom stereocenters. The van der Waals surface area contributed by atoms with Gasteiger partial charge in [0, 0.05) is 19.3 Å². The second kappa shape index (κ2) is 7.34. The number of halogens is 1.